The number of carbonyl (C=O) groups is 1. The third kappa shape index (κ3) is 2.98. The topological polar surface area (TPSA) is 46.3 Å². The number of nitrogens with two attached hydrogens (primary N) is 1. The highest BCUT2D eigenvalue weighted by Crippen LogP contribution is 2.35. The first-order valence-corrected chi connectivity index (χ1v) is 8.22. The lowest BCUT2D eigenvalue weighted by Gasteiger charge is -2.13. The second-order valence-electron chi connectivity index (χ2n) is 5.28. The summed E-state index contributed by atoms with van der Waals surface area (Å²) in [4.78, 5) is 15.0. The predicted octanol–water partition coefficient (Wildman–Crippen LogP) is 3.38. The van der Waals surface area contributed by atoms with Crippen LogP contribution in [-0.4, -0.2) is 30.4 Å². The summed E-state index contributed by atoms with van der Waals surface area (Å²) in [6, 6.07) is 8.00. The largest absolute Gasteiger partial charge is 0.339 e. The molecule has 2 heterocycles. The van der Waals surface area contributed by atoms with E-state index in [-0.39, 0.29) is 5.91 Å². The number of hydrogen-bond donors (Lipinski definition) is 1. The van der Waals surface area contributed by atoms with Crippen LogP contribution in [-0.2, 0) is 4.79 Å². The van der Waals surface area contributed by atoms with Gasteiger partial charge in [-0.25, -0.2) is 0 Å². The first-order valence-electron chi connectivity index (χ1n) is 7.03. The Morgan fingerprint density at radius 1 is 1.48 bits per heavy atom. The van der Waals surface area contributed by atoms with Crippen molar-refractivity contribution in [2.45, 2.75) is 6.42 Å². The summed E-state index contributed by atoms with van der Waals surface area (Å²) in [6.45, 7) is 2.21. The van der Waals surface area contributed by atoms with Crippen molar-refractivity contribution in [2.75, 3.05) is 19.6 Å². The molecule has 1 atom stereocenters. The van der Waals surface area contributed by atoms with Crippen LogP contribution in [0.15, 0.2) is 30.3 Å². The molecule has 1 aliphatic rings. The number of thiophene rings is 1. The summed E-state index contributed by atoms with van der Waals surface area (Å²) in [5.74, 6) is 0.481. The summed E-state index contributed by atoms with van der Waals surface area (Å²) in [5, 5.41) is 1.77. The van der Waals surface area contributed by atoms with Crippen molar-refractivity contribution in [3.8, 4) is 0 Å². The van der Waals surface area contributed by atoms with Gasteiger partial charge in [-0.05, 0) is 31.0 Å². The lowest BCUT2D eigenvalue weighted by atomic mass is 10.1. The Balaban J connectivity index is 1.75. The summed E-state index contributed by atoms with van der Waals surface area (Å²) < 4.78 is 1.14. The van der Waals surface area contributed by atoms with Crippen LogP contribution in [0.1, 0.15) is 11.3 Å². The van der Waals surface area contributed by atoms with Crippen molar-refractivity contribution >= 4 is 45.0 Å². The average Bonchev–Trinajstić information content (AvgIpc) is 3.10. The van der Waals surface area contributed by atoms with Crippen LogP contribution >= 0.6 is 22.9 Å². The minimum Gasteiger partial charge on any atom is -0.339 e. The number of halogens is 1. The number of fused-ring (bicyclic) bond motifs is 1. The van der Waals surface area contributed by atoms with E-state index < -0.39 is 0 Å². The molecule has 2 aromatic rings. The molecular formula is C16H17ClN2OS. The molecule has 3 rings (SSSR count). The van der Waals surface area contributed by atoms with Crippen molar-refractivity contribution in [2.24, 2.45) is 11.7 Å². The number of rotatable bonds is 3. The molecule has 1 unspecified atom stereocenters. The molecule has 1 aliphatic heterocycles. The molecule has 3 nitrogen and oxygen atoms in total. The Hall–Kier alpha value is -1.36. The highest BCUT2D eigenvalue weighted by molar-refractivity contribution is 7.20. The molecule has 1 fully saturated rings. The molecule has 1 amide bonds. The minimum atomic E-state index is 0.0412. The smallest absolute Gasteiger partial charge is 0.246 e. The van der Waals surface area contributed by atoms with Gasteiger partial charge in [-0.2, -0.15) is 0 Å². The second-order valence-corrected chi connectivity index (χ2v) is 6.75. The van der Waals surface area contributed by atoms with Crippen LogP contribution in [0.3, 0.4) is 0 Å². The molecule has 0 saturated carbocycles. The summed E-state index contributed by atoms with van der Waals surface area (Å²) in [7, 11) is 0. The zero-order valence-corrected chi connectivity index (χ0v) is 13.2. The van der Waals surface area contributed by atoms with Gasteiger partial charge < -0.3 is 10.6 Å². The molecule has 1 saturated heterocycles. The Kier molecular flexibility index (Phi) is 4.29. The summed E-state index contributed by atoms with van der Waals surface area (Å²) in [5.41, 5.74) is 5.65. The van der Waals surface area contributed by atoms with E-state index >= 15 is 0 Å². The SMILES string of the molecule is NCC1CCN(C(=O)/C=C/c2sc3ccccc3c2Cl)C1. The highest BCUT2D eigenvalue weighted by atomic mass is 35.5. The van der Waals surface area contributed by atoms with E-state index in [9.17, 15) is 4.79 Å². The zero-order valence-electron chi connectivity index (χ0n) is 11.6. The van der Waals surface area contributed by atoms with Gasteiger partial charge in [0.2, 0.25) is 5.91 Å². The minimum absolute atomic E-state index is 0.0412. The van der Waals surface area contributed by atoms with Crippen LogP contribution in [0, 0.1) is 5.92 Å². The van der Waals surface area contributed by atoms with E-state index in [2.05, 4.69) is 0 Å². The molecule has 0 aliphatic carbocycles. The molecule has 1 aromatic heterocycles. The van der Waals surface area contributed by atoms with Crippen molar-refractivity contribution in [1.82, 2.24) is 4.90 Å². The molecule has 5 heteroatoms. The maximum atomic E-state index is 12.2. The van der Waals surface area contributed by atoms with E-state index in [1.54, 1.807) is 17.4 Å². The van der Waals surface area contributed by atoms with Crippen LogP contribution in [0.25, 0.3) is 16.2 Å². The van der Waals surface area contributed by atoms with Gasteiger partial charge >= 0.3 is 0 Å². The van der Waals surface area contributed by atoms with E-state index in [4.69, 9.17) is 17.3 Å². The van der Waals surface area contributed by atoms with E-state index in [1.165, 1.54) is 0 Å². The van der Waals surface area contributed by atoms with Crippen molar-refractivity contribution in [1.29, 1.82) is 0 Å². The third-order valence-corrected chi connectivity index (χ3v) is 5.52. The van der Waals surface area contributed by atoms with Crippen LogP contribution in [0.4, 0.5) is 0 Å². The van der Waals surface area contributed by atoms with Crippen LogP contribution in [0.5, 0.6) is 0 Å². The molecule has 110 valence electrons. The monoisotopic (exact) mass is 320 g/mol. The molecular weight excluding hydrogens is 304 g/mol. The van der Waals surface area contributed by atoms with Crippen molar-refractivity contribution in [3.63, 3.8) is 0 Å². The molecule has 2 N–H and O–H groups in total. The standard InChI is InChI=1S/C16H17ClN2OS/c17-16-12-3-1-2-4-13(12)21-14(16)5-6-15(20)19-8-7-11(9-18)10-19/h1-6,11H,7-10,18H2/b6-5+. The van der Waals surface area contributed by atoms with Gasteiger partial charge in [0.1, 0.15) is 0 Å². The molecule has 21 heavy (non-hydrogen) atoms. The fraction of sp³-hybridized carbons (Fsp3) is 0.312. The maximum Gasteiger partial charge on any atom is 0.246 e. The Morgan fingerprint density at radius 3 is 3.00 bits per heavy atom. The van der Waals surface area contributed by atoms with Gasteiger partial charge in [0.05, 0.1) is 5.02 Å². The fourth-order valence-corrected chi connectivity index (χ4v) is 4.02. The molecule has 1 aromatic carbocycles. The Morgan fingerprint density at radius 2 is 2.29 bits per heavy atom. The number of hydrogen-bond acceptors (Lipinski definition) is 3. The van der Waals surface area contributed by atoms with Gasteiger partial charge in [-0.15, -0.1) is 11.3 Å². The number of benzene rings is 1. The number of nitrogens with zero attached hydrogens (tertiary/aromatic N) is 1. The van der Waals surface area contributed by atoms with Gasteiger partial charge in [-0.3, -0.25) is 4.79 Å². The fourth-order valence-electron chi connectivity index (χ4n) is 2.62. The van der Waals surface area contributed by atoms with E-state index in [0.29, 0.717) is 12.5 Å². The first-order chi connectivity index (χ1) is 10.2. The zero-order chi connectivity index (χ0) is 14.8. The summed E-state index contributed by atoms with van der Waals surface area (Å²) in [6.07, 6.45) is 4.44. The molecule has 0 radical (unpaired) electrons. The number of likely N-dealkylation sites (tertiary alicyclic amines) is 1. The lowest BCUT2D eigenvalue weighted by molar-refractivity contribution is -0.125. The number of carbonyl (C=O) groups excluding carboxylic acids is 1. The van der Waals surface area contributed by atoms with Gasteiger partial charge in [0, 0.05) is 34.1 Å². The van der Waals surface area contributed by atoms with Crippen LogP contribution in [0.2, 0.25) is 5.02 Å². The van der Waals surface area contributed by atoms with Gasteiger partial charge in [-0.1, -0.05) is 29.8 Å². The van der Waals surface area contributed by atoms with Crippen molar-refractivity contribution < 1.29 is 4.79 Å². The van der Waals surface area contributed by atoms with Crippen LogP contribution < -0.4 is 5.73 Å². The second kappa shape index (κ2) is 6.18. The predicted molar refractivity (Wildman–Crippen MR) is 89.6 cm³/mol. The molecule has 0 spiro atoms. The van der Waals surface area contributed by atoms with Gasteiger partial charge in [0.25, 0.3) is 0 Å². The average molecular weight is 321 g/mol. The number of amides is 1. The normalized spacial score (nSPS) is 19.0. The first kappa shape index (κ1) is 14.6. The Bertz CT molecular complexity index is 695. The summed E-state index contributed by atoms with van der Waals surface area (Å²) >= 11 is 7.97. The lowest BCUT2D eigenvalue weighted by Crippen LogP contribution is -2.28. The Labute approximate surface area is 133 Å². The third-order valence-electron chi connectivity index (χ3n) is 3.87. The van der Waals surface area contributed by atoms with Crippen molar-refractivity contribution in [3.05, 3.63) is 40.2 Å². The quantitative estimate of drug-likeness (QED) is 0.881. The van der Waals surface area contributed by atoms with Gasteiger partial charge in [0.15, 0.2) is 0 Å². The van der Waals surface area contributed by atoms with E-state index in [0.717, 1.165) is 39.5 Å². The maximum absolute atomic E-state index is 12.2. The highest BCUT2D eigenvalue weighted by Gasteiger charge is 2.23. The van der Waals surface area contributed by atoms with E-state index in [1.807, 2.05) is 35.2 Å². The molecule has 0 bridgehead atoms.